The lowest BCUT2D eigenvalue weighted by Crippen LogP contribution is -2.36. The van der Waals surface area contributed by atoms with Crippen molar-refractivity contribution in [2.24, 2.45) is 0 Å². The molecule has 120 valence electrons. The third-order valence-corrected chi connectivity index (χ3v) is 4.54. The summed E-state index contributed by atoms with van der Waals surface area (Å²) < 4.78 is 5.52. The van der Waals surface area contributed by atoms with Gasteiger partial charge in [0.1, 0.15) is 0 Å². The fourth-order valence-corrected chi connectivity index (χ4v) is 3.28. The van der Waals surface area contributed by atoms with Crippen LogP contribution in [0.15, 0.2) is 66.7 Å². The fourth-order valence-electron chi connectivity index (χ4n) is 3.28. The fraction of sp³-hybridized carbons (Fsp3) is 0.182. The Kier molecular flexibility index (Phi) is 4.30. The van der Waals surface area contributed by atoms with Gasteiger partial charge in [0, 0.05) is 24.3 Å². The maximum atomic E-state index is 5.52. The first-order valence-corrected chi connectivity index (χ1v) is 8.49. The van der Waals surface area contributed by atoms with Crippen LogP contribution < -0.4 is 4.90 Å². The van der Waals surface area contributed by atoms with E-state index in [1.807, 2.05) is 0 Å². The summed E-state index contributed by atoms with van der Waals surface area (Å²) in [5, 5.41) is 2.58. The van der Waals surface area contributed by atoms with Gasteiger partial charge in [0.05, 0.1) is 13.2 Å². The number of ether oxygens (including phenoxy) is 1. The summed E-state index contributed by atoms with van der Waals surface area (Å²) in [6, 6.07) is 23.5. The average Bonchev–Trinajstić information content (AvgIpc) is 2.67. The number of hydrogen-bond donors (Lipinski definition) is 0. The van der Waals surface area contributed by atoms with Gasteiger partial charge < -0.3 is 9.64 Å². The van der Waals surface area contributed by atoms with E-state index in [0.717, 1.165) is 26.3 Å². The van der Waals surface area contributed by atoms with Crippen molar-refractivity contribution in [3.63, 3.8) is 0 Å². The van der Waals surface area contributed by atoms with Gasteiger partial charge in [-0.1, -0.05) is 72.8 Å². The Labute approximate surface area is 143 Å². The van der Waals surface area contributed by atoms with Gasteiger partial charge in [-0.15, -0.1) is 0 Å². The summed E-state index contributed by atoms with van der Waals surface area (Å²) >= 11 is 0. The lowest BCUT2D eigenvalue weighted by atomic mass is 10.0. The second-order valence-electron chi connectivity index (χ2n) is 6.06. The van der Waals surface area contributed by atoms with Crippen LogP contribution in [0.2, 0.25) is 0 Å². The summed E-state index contributed by atoms with van der Waals surface area (Å²) in [6.07, 6.45) is 4.45. The van der Waals surface area contributed by atoms with E-state index in [1.54, 1.807) is 0 Å². The summed E-state index contributed by atoms with van der Waals surface area (Å²) in [6.45, 7) is 3.50. The van der Waals surface area contributed by atoms with Crippen molar-refractivity contribution >= 4 is 28.6 Å². The Morgan fingerprint density at radius 2 is 1.50 bits per heavy atom. The van der Waals surface area contributed by atoms with Gasteiger partial charge >= 0.3 is 0 Å². The van der Waals surface area contributed by atoms with Gasteiger partial charge in [0.2, 0.25) is 0 Å². The Balaban J connectivity index is 1.81. The Morgan fingerprint density at radius 3 is 2.33 bits per heavy atom. The zero-order valence-electron chi connectivity index (χ0n) is 13.7. The summed E-state index contributed by atoms with van der Waals surface area (Å²) in [7, 11) is 0. The maximum Gasteiger partial charge on any atom is 0.0642 e. The van der Waals surface area contributed by atoms with E-state index in [9.17, 15) is 0 Å². The minimum absolute atomic E-state index is 0.800. The zero-order chi connectivity index (χ0) is 16.2. The Hall–Kier alpha value is -2.58. The van der Waals surface area contributed by atoms with Gasteiger partial charge in [-0.25, -0.2) is 0 Å². The van der Waals surface area contributed by atoms with Gasteiger partial charge in [-0.2, -0.15) is 0 Å². The molecule has 0 unspecified atom stereocenters. The van der Waals surface area contributed by atoms with Crippen molar-refractivity contribution in [2.45, 2.75) is 0 Å². The number of morpholine rings is 1. The molecule has 0 spiro atoms. The highest BCUT2D eigenvalue weighted by Gasteiger charge is 2.15. The normalized spacial score (nSPS) is 15.2. The highest BCUT2D eigenvalue weighted by Crippen LogP contribution is 2.31. The average molecular weight is 315 g/mol. The molecule has 0 aliphatic carbocycles. The van der Waals surface area contributed by atoms with E-state index in [0.29, 0.717) is 0 Å². The topological polar surface area (TPSA) is 12.5 Å². The van der Waals surface area contributed by atoms with Crippen LogP contribution in [0.3, 0.4) is 0 Å². The summed E-state index contributed by atoms with van der Waals surface area (Å²) in [5.74, 6) is 0. The van der Waals surface area contributed by atoms with Gasteiger partial charge in [-0.3, -0.25) is 0 Å². The Bertz CT molecular complexity index is 848. The predicted molar refractivity (Wildman–Crippen MR) is 102 cm³/mol. The van der Waals surface area contributed by atoms with Crippen molar-refractivity contribution < 1.29 is 4.74 Å². The van der Waals surface area contributed by atoms with E-state index in [-0.39, 0.29) is 0 Å². The van der Waals surface area contributed by atoms with Crippen LogP contribution in [0.25, 0.3) is 22.9 Å². The molecule has 2 heteroatoms. The quantitative estimate of drug-likeness (QED) is 0.641. The number of fused-ring (bicyclic) bond motifs is 1. The molecule has 0 bridgehead atoms. The van der Waals surface area contributed by atoms with Crippen molar-refractivity contribution in [2.75, 3.05) is 31.2 Å². The predicted octanol–water partition coefficient (Wildman–Crippen LogP) is 4.85. The largest absolute Gasteiger partial charge is 0.378 e. The minimum atomic E-state index is 0.800. The van der Waals surface area contributed by atoms with E-state index in [4.69, 9.17) is 4.74 Å². The molecule has 1 aliphatic heterocycles. The highest BCUT2D eigenvalue weighted by molar-refractivity contribution is 5.98. The molecule has 0 amide bonds. The SMILES string of the molecule is C(=C\c1c(N2CCOCC2)ccc2ccccc12)/c1ccccc1. The van der Waals surface area contributed by atoms with Crippen LogP contribution in [0.5, 0.6) is 0 Å². The molecule has 0 aromatic heterocycles. The van der Waals surface area contributed by atoms with Crippen LogP contribution in [-0.2, 0) is 4.74 Å². The number of anilines is 1. The molecule has 1 heterocycles. The smallest absolute Gasteiger partial charge is 0.0642 e. The maximum absolute atomic E-state index is 5.52. The van der Waals surface area contributed by atoms with E-state index in [2.05, 4.69) is 83.8 Å². The molecular formula is C22H21NO. The Morgan fingerprint density at radius 1 is 0.750 bits per heavy atom. The molecule has 1 saturated heterocycles. The molecule has 1 aliphatic rings. The third kappa shape index (κ3) is 3.06. The first kappa shape index (κ1) is 15.0. The van der Waals surface area contributed by atoms with Gasteiger partial charge in [-0.05, 0) is 22.4 Å². The standard InChI is InChI=1S/C22H21NO/c1-2-6-18(7-3-1)10-12-21-20-9-5-4-8-19(20)11-13-22(21)23-14-16-24-17-15-23/h1-13H,14-17H2/b12-10+. The van der Waals surface area contributed by atoms with Crippen LogP contribution in [0.4, 0.5) is 5.69 Å². The highest BCUT2D eigenvalue weighted by atomic mass is 16.5. The molecule has 0 atom stereocenters. The van der Waals surface area contributed by atoms with E-state index >= 15 is 0 Å². The van der Waals surface area contributed by atoms with Crippen LogP contribution >= 0.6 is 0 Å². The molecule has 3 aromatic carbocycles. The van der Waals surface area contributed by atoms with Crippen LogP contribution in [0.1, 0.15) is 11.1 Å². The molecule has 1 fully saturated rings. The lowest BCUT2D eigenvalue weighted by molar-refractivity contribution is 0.122. The summed E-state index contributed by atoms with van der Waals surface area (Å²) in [5.41, 5.74) is 3.81. The molecule has 24 heavy (non-hydrogen) atoms. The number of nitrogens with zero attached hydrogens (tertiary/aromatic N) is 1. The number of hydrogen-bond acceptors (Lipinski definition) is 2. The molecule has 3 aromatic rings. The van der Waals surface area contributed by atoms with Gasteiger partial charge in [0.25, 0.3) is 0 Å². The monoisotopic (exact) mass is 315 g/mol. The van der Waals surface area contributed by atoms with E-state index < -0.39 is 0 Å². The number of benzene rings is 3. The minimum Gasteiger partial charge on any atom is -0.378 e. The lowest BCUT2D eigenvalue weighted by Gasteiger charge is -2.30. The van der Waals surface area contributed by atoms with Crippen LogP contribution in [0, 0.1) is 0 Å². The molecule has 4 rings (SSSR count). The van der Waals surface area contributed by atoms with Crippen molar-refractivity contribution in [3.8, 4) is 0 Å². The molecule has 0 saturated carbocycles. The van der Waals surface area contributed by atoms with E-state index in [1.165, 1.54) is 27.6 Å². The second-order valence-corrected chi connectivity index (χ2v) is 6.06. The number of rotatable bonds is 3. The molecule has 0 radical (unpaired) electrons. The van der Waals surface area contributed by atoms with Gasteiger partial charge in [0.15, 0.2) is 0 Å². The third-order valence-electron chi connectivity index (χ3n) is 4.54. The van der Waals surface area contributed by atoms with Crippen LogP contribution in [-0.4, -0.2) is 26.3 Å². The molecular weight excluding hydrogens is 294 g/mol. The first-order valence-electron chi connectivity index (χ1n) is 8.49. The zero-order valence-corrected chi connectivity index (χ0v) is 13.7. The van der Waals surface area contributed by atoms with Crippen molar-refractivity contribution in [1.29, 1.82) is 0 Å². The molecule has 0 N–H and O–H groups in total. The van der Waals surface area contributed by atoms with Crippen molar-refractivity contribution in [1.82, 2.24) is 0 Å². The molecule has 2 nitrogen and oxygen atoms in total. The first-order chi connectivity index (χ1) is 11.9. The van der Waals surface area contributed by atoms with Crippen molar-refractivity contribution in [3.05, 3.63) is 77.9 Å². The second kappa shape index (κ2) is 6.90. The summed E-state index contributed by atoms with van der Waals surface area (Å²) in [4.78, 5) is 2.43.